The summed E-state index contributed by atoms with van der Waals surface area (Å²) in [7, 11) is -3.56. The number of hydrogen-bond donors (Lipinski definition) is 2. The predicted molar refractivity (Wildman–Crippen MR) is 73.3 cm³/mol. The molecule has 0 heterocycles. The van der Waals surface area contributed by atoms with Gasteiger partial charge < -0.3 is 15.2 Å². The molecule has 0 saturated heterocycles. The number of nitrogens with one attached hydrogen (secondary N) is 1. The standard InChI is InChI=1S/C12H21NO7S/c1-11(2,3)20-10(16)13-12(9(14)15)5-8(6-12)7-19-21(4,17)18/h8H,5-7H2,1-4H3,(H,13,16)(H,14,15). The highest BCUT2D eigenvalue weighted by Crippen LogP contribution is 2.38. The van der Waals surface area contributed by atoms with Gasteiger partial charge in [-0.15, -0.1) is 0 Å². The van der Waals surface area contributed by atoms with E-state index in [1.165, 1.54) is 0 Å². The second-order valence-electron chi connectivity index (χ2n) is 6.28. The molecule has 8 nitrogen and oxygen atoms in total. The van der Waals surface area contributed by atoms with E-state index in [2.05, 4.69) is 9.50 Å². The minimum atomic E-state index is -3.56. The van der Waals surface area contributed by atoms with Crippen LogP contribution in [0.15, 0.2) is 0 Å². The van der Waals surface area contributed by atoms with E-state index in [1.54, 1.807) is 20.8 Å². The summed E-state index contributed by atoms with van der Waals surface area (Å²) < 4.78 is 31.4. The molecule has 1 aliphatic rings. The highest BCUT2D eigenvalue weighted by molar-refractivity contribution is 7.85. The molecular formula is C12H21NO7S. The van der Waals surface area contributed by atoms with Gasteiger partial charge in [-0.25, -0.2) is 9.59 Å². The lowest BCUT2D eigenvalue weighted by Crippen LogP contribution is -2.63. The van der Waals surface area contributed by atoms with Crippen molar-refractivity contribution >= 4 is 22.2 Å². The van der Waals surface area contributed by atoms with Gasteiger partial charge in [-0.05, 0) is 39.5 Å². The van der Waals surface area contributed by atoms with Gasteiger partial charge in [0.1, 0.15) is 11.1 Å². The lowest BCUT2D eigenvalue weighted by Gasteiger charge is -2.44. The molecule has 0 aliphatic heterocycles. The first-order valence-corrected chi connectivity index (χ1v) is 8.24. The number of carbonyl (C=O) groups is 2. The molecule has 0 aromatic rings. The van der Waals surface area contributed by atoms with Crippen molar-refractivity contribution in [3.63, 3.8) is 0 Å². The number of alkyl carbamates (subject to hydrolysis) is 1. The van der Waals surface area contributed by atoms with Crippen LogP contribution in [0.2, 0.25) is 0 Å². The quantitative estimate of drug-likeness (QED) is 0.715. The Hall–Kier alpha value is -1.35. The zero-order valence-corrected chi connectivity index (χ0v) is 13.3. The Balaban J connectivity index is 2.57. The van der Waals surface area contributed by atoms with Gasteiger partial charge in [0, 0.05) is 0 Å². The number of carbonyl (C=O) groups excluding carboxylic acids is 1. The maximum atomic E-state index is 11.7. The van der Waals surface area contributed by atoms with Crippen LogP contribution in [0, 0.1) is 5.92 Å². The van der Waals surface area contributed by atoms with E-state index < -0.39 is 33.3 Å². The van der Waals surface area contributed by atoms with Gasteiger partial charge in [-0.3, -0.25) is 4.18 Å². The van der Waals surface area contributed by atoms with E-state index in [0.717, 1.165) is 6.26 Å². The molecule has 0 spiro atoms. The molecule has 0 bridgehead atoms. The van der Waals surface area contributed by atoms with Gasteiger partial charge in [-0.1, -0.05) is 0 Å². The second kappa shape index (κ2) is 5.80. The van der Waals surface area contributed by atoms with Crippen LogP contribution in [0.5, 0.6) is 0 Å². The SMILES string of the molecule is CC(C)(C)OC(=O)NC1(C(=O)O)CC(COS(C)(=O)=O)C1. The van der Waals surface area contributed by atoms with Crippen LogP contribution in [-0.4, -0.2) is 49.6 Å². The molecule has 21 heavy (non-hydrogen) atoms. The molecule has 0 unspecified atom stereocenters. The zero-order valence-electron chi connectivity index (χ0n) is 12.5. The molecular weight excluding hydrogens is 302 g/mol. The molecule has 1 fully saturated rings. The summed E-state index contributed by atoms with van der Waals surface area (Å²) in [5.74, 6) is -1.42. The average Bonchev–Trinajstić information content (AvgIpc) is 2.16. The van der Waals surface area contributed by atoms with E-state index in [-0.39, 0.29) is 25.4 Å². The maximum absolute atomic E-state index is 11.7. The van der Waals surface area contributed by atoms with Crippen molar-refractivity contribution < 1.29 is 32.0 Å². The van der Waals surface area contributed by atoms with E-state index in [0.29, 0.717) is 0 Å². The van der Waals surface area contributed by atoms with Crippen LogP contribution >= 0.6 is 0 Å². The van der Waals surface area contributed by atoms with Crippen molar-refractivity contribution in [3.05, 3.63) is 0 Å². The first-order valence-electron chi connectivity index (χ1n) is 6.42. The fraction of sp³-hybridized carbons (Fsp3) is 0.833. The van der Waals surface area contributed by atoms with Gasteiger partial charge in [0.15, 0.2) is 0 Å². The minimum absolute atomic E-state index is 0.0934. The highest BCUT2D eigenvalue weighted by Gasteiger charge is 2.52. The number of ether oxygens (including phenoxy) is 1. The van der Waals surface area contributed by atoms with E-state index in [1.807, 2.05) is 0 Å². The fourth-order valence-electron chi connectivity index (χ4n) is 2.09. The number of amides is 1. The largest absolute Gasteiger partial charge is 0.480 e. The van der Waals surface area contributed by atoms with Crippen LogP contribution in [0.1, 0.15) is 33.6 Å². The lowest BCUT2D eigenvalue weighted by molar-refractivity contribution is -0.151. The summed E-state index contributed by atoms with van der Waals surface area (Å²) in [6.07, 6.45) is 0.302. The third-order valence-electron chi connectivity index (χ3n) is 2.94. The molecule has 1 amide bonds. The molecule has 122 valence electrons. The number of aliphatic carboxylic acids is 1. The first-order chi connectivity index (χ1) is 9.33. The van der Waals surface area contributed by atoms with Crippen LogP contribution in [-0.2, 0) is 23.8 Å². The Bertz CT molecular complexity index is 514. The molecule has 1 aliphatic carbocycles. The van der Waals surface area contributed by atoms with Crippen LogP contribution in [0.4, 0.5) is 4.79 Å². The predicted octanol–water partition coefficient (Wildman–Crippen LogP) is 0.721. The van der Waals surface area contributed by atoms with Crippen molar-refractivity contribution in [2.45, 2.75) is 44.8 Å². The molecule has 2 N–H and O–H groups in total. The van der Waals surface area contributed by atoms with Gasteiger partial charge in [-0.2, -0.15) is 8.42 Å². The summed E-state index contributed by atoms with van der Waals surface area (Å²) in [4.78, 5) is 23.0. The average molecular weight is 323 g/mol. The minimum Gasteiger partial charge on any atom is -0.480 e. The second-order valence-corrected chi connectivity index (χ2v) is 7.92. The van der Waals surface area contributed by atoms with E-state index >= 15 is 0 Å². The summed E-state index contributed by atoms with van der Waals surface area (Å²) in [6.45, 7) is 4.92. The van der Waals surface area contributed by atoms with Crippen molar-refractivity contribution in [2.75, 3.05) is 12.9 Å². The monoisotopic (exact) mass is 323 g/mol. The van der Waals surface area contributed by atoms with Crippen molar-refractivity contribution in [3.8, 4) is 0 Å². The molecule has 0 aromatic carbocycles. The molecule has 1 rings (SSSR count). The van der Waals surface area contributed by atoms with E-state index in [4.69, 9.17) is 4.74 Å². The summed E-state index contributed by atoms with van der Waals surface area (Å²) in [5.41, 5.74) is -2.15. The molecule has 0 radical (unpaired) electrons. The Morgan fingerprint density at radius 2 is 1.86 bits per heavy atom. The van der Waals surface area contributed by atoms with Crippen LogP contribution in [0.3, 0.4) is 0 Å². The molecule has 1 saturated carbocycles. The zero-order chi connectivity index (χ0) is 16.5. The van der Waals surface area contributed by atoms with Crippen LogP contribution < -0.4 is 5.32 Å². The third-order valence-corrected chi connectivity index (χ3v) is 3.51. The van der Waals surface area contributed by atoms with Crippen molar-refractivity contribution in [2.24, 2.45) is 5.92 Å². The van der Waals surface area contributed by atoms with E-state index in [9.17, 15) is 23.1 Å². The number of carboxylic acid groups (broad SMARTS) is 1. The summed E-state index contributed by atoms with van der Waals surface area (Å²) in [5, 5.41) is 11.6. The number of rotatable bonds is 5. The fourth-order valence-corrected chi connectivity index (χ4v) is 2.53. The first kappa shape index (κ1) is 17.7. The normalized spacial score (nSPS) is 25.8. The Kier molecular flexibility index (Phi) is 4.89. The Morgan fingerprint density at radius 3 is 2.24 bits per heavy atom. The van der Waals surface area contributed by atoms with Gasteiger partial charge in [0.25, 0.3) is 10.1 Å². The van der Waals surface area contributed by atoms with Gasteiger partial charge in [0.05, 0.1) is 12.9 Å². The molecule has 0 atom stereocenters. The van der Waals surface area contributed by atoms with Crippen LogP contribution in [0.25, 0.3) is 0 Å². The highest BCUT2D eigenvalue weighted by atomic mass is 32.2. The Morgan fingerprint density at radius 1 is 1.33 bits per heavy atom. The maximum Gasteiger partial charge on any atom is 0.408 e. The van der Waals surface area contributed by atoms with Gasteiger partial charge >= 0.3 is 12.1 Å². The molecule has 9 heteroatoms. The Labute approximate surface area is 123 Å². The smallest absolute Gasteiger partial charge is 0.408 e. The summed E-state index contributed by atoms with van der Waals surface area (Å²) >= 11 is 0. The molecule has 0 aromatic heterocycles. The van der Waals surface area contributed by atoms with Crippen molar-refractivity contribution in [1.82, 2.24) is 5.32 Å². The van der Waals surface area contributed by atoms with Crippen molar-refractivity contribution in [1.29, 1.82) is 0 Å². The van der Waals surface area contributed by atoms with Gasteiger partial charge in [0.2, 0.25) is 0 Å². The third kappa shape index (κ3) is 5.50. The number of carboxylic acids is 1. The number of hydrogen-bond acceptors (Lipinski definition) is 6. The summed E-state index contributed by atoms with van der Waals surface area (Å²) in [6, 6.07) is 0. The lowest BCUT2D eigenvalue weighted by atomic mass is 9.68. The topological polar surface area (TPSA) is 119 Å².